The quantitative estimate of drug-likeness (QED) is 0.771. The Morgan fingerprint density at radius 1 is 0.913 bits per heavy atom. The lowest BCUT2D eigenvalue weighted by Gasteiger charge is -2.11. The van der Waals surface area contributed by atoms with E-state index in [1.165, 1.54) is 6.92 Å². The summed E-state index contributed by atoms with van der Waals surface area (Å²) >= 11 is 1.70. The van der Waals surface area contributed by atoms with Crippen LogP contribution in [0.5, 0.6) is 0 Å². The van der Waals surface area contributed by atoms with Crippen LogP contribution in [0, 0.1) is 0 Å². The number of carbonyl (C=O) groups is 2. The van der Waals surface area contributed by atoms with Crippen molar-refractivity contribution in [2.75, 3.05) is 22.2 Å². The zero-order valence-electron chi connectivity index (χ0n) is 13.1. The average Bonchev–Trinajstić information content (AvgIpc) is 2.51. The molecule has 0 aliphatic carbocycles. The van der Waals surface area contributed by atoms with E-state index in [-0.39, 0.29) is 11.9 Å². The number of carbonyl (C=O) groups excluding carboxylic acids is 2. The molecule has 2 rings (SSSR count). The molecule has 3 N–H and O–H groups in total. The first-order valence-electron chi connectivity index (χ1n) is 7.11. The third-order valence-electron chi connectivity index (χ3n) is 3.03. The van der Waals surface area contributed by atoms with E-state index in [9.17, 15) is 9.59 Å². The van der Waals surface area contributed by atoms with E-state index < -0.39 is 0 Å². The lowest BCUT2D eigenvalue weighted by Crippen LogP contribution is -2.20. The van der Waals surface area contributed by atoms with Crippen molar-refractivity contribution in [3.63, 3.8) is 0 Å². The summed E-state index contributed by atoms with van der Waals surface area (Å²) in [4.78, 5) is 23.1. The molecule has 120 valence electrons. The van der Waals surface area contributed by atoms with Gasteiger partial charge in [-0.15, -0.1) is 0 Å². The van der Waals surface area contributed by atoms with E-state index in [1.807, 2.05) is 30.5 Å². The van der Waals surface area contributed by atoms with Gasteiger partial charge in [-0.3, -0.25) is 4.79 Å². The summed E-state index contributed by atoms with van der Waals surface area (Å²) < 4.78 is 0. The Balaban J connectivity index is 1.98. The van der Waals surface area contributed by atoms with Crippen LogP contribution in [-0.2, 0) is 10.5 Å². The second-order valence-electron chi connectivity index (χ2n) is 4.93. The molecular formula is C17H19N3O2S. The Morgan fingerprint density at radius 2 is 1.52 bits per heavy atom. The maximum absolute atomic E-state index is 12.1. The molecule has 2 aromatic carbocycles. The molecule has 0 fully saturated rings. The Labute approximate surface area is 139 Å². The fraction of sp³-hybridized carbons (Fsp3) is 0.176. The van der Waals surface area contributed by atoms with Crippen molar-refractivity contribution in [2.45, 2.75) is 12.7 Å². The maximum Gasteiger partial charge on any atom is 0.323 e. The molecule has 0 aliphatic rings. The van der Waals surface area contributed by atoms with Crippen molar-refractivity contribution in [1.82, 2.24) is 0 Å². The van der Waals surface area contributed by atoms with Gasteiger partial charge >= 0.3 is 6.03 Å². The van der Waals surface area contributed by atoms with Crippen molar-refractivity contribution in [2.24, 2.45) is 0 Å². The number of nitrogens with one attached hydrogen (secondary N) is 3. The standard InChI is InChI=1S/C17H19N3O2S/c1-12(21)18-14-7-9-15(10-8-14)19-17(22)20-16-6-4-3-5-13(16)11-23-2/h3-10H,11H2,1-2H3,(H,18,21)(H2,19,20,22). The molecule has 3 amide bonds. The molecule has 0 heterocycles. The van der Waals surface area contributed by atoms with Gasteiger partial charge in [-0.2, -0.15) is 11.8 Å². The molecule has 0 saturated carbocycles. The average molecular weight is 329 g/mol. The zero-order valence-corrected chi connectivity index (χ0v) is 13.9. The number of amides is 3. The SMILES string of the molecule is CSCc1ccccc1NC(=O)Nc1ccc(NC(C)=O)cc1. The van der Waals surface area contributed by atoms with Gasteiger partial charge in [-0.1, -0.05) is 18.2 Å². The summed E-state index contributed by atoms with van der Waals surface area (Å²) in [7, 11) is 0. The lowest BCUT2D eigenvalue weighted by molar-refractivity contribution is -0.114. The van der Waals surface area contributed by atoms with Crippen LogP contribution >= 0.6 is 11.8 Å². The van der Waals surface area contributed by atoms with Gasteiger partial charge in [0, 0.05) is 29.7 Å². The van der Waals surface area contributed by atoms with Crippen LogP contribution in [-0.4, -0.2) is 18.2 Å². The van der Waals surface area contributed by atoms with Crippen molar-refractivity contribution < 1.29 is 9.59 Å². The number of thioether (sulfide) groups is 1. The van der Waals surface area contributed by atoms with Gasteiger partial charge in [-0.25, -0.2) is 4.79 Å². The third-order valence-corrected chi connectivity index (χ3v) is 3.63. The molecule has 0 unspecified atom stereocenters. The molecule has 0 radical (unpaired) electrons. The van der Waals surface area contributed by atoms with Crippen molar-refractivity contribution in [3.8, 4) is 0 Å². The molecule has 5 nitrogen and oxygen atoms in total. The van der Waals surface area contributed by atoms with Gasteiger partial charge in [0.2, 0.25) is 5.91 Å². The molecule has 6 heteroatoms. The third kappa shape index (κ3) is 5.34. The summed E-state index contributed by atoms with van der Waals surface area (Å²) in [6.07, 6.45) is 2.02. The van der Waals surface area contributed by atoms with Gasteiger partial charge in [0.15, 0.2) is 0 Å². The van der Waals surface area contributed by atoms with Crippen LogP contribution in [0.15, 0.2) is 48.5 Å². The second kappa shape index (κ2) is 8.24. The van der Waals surface area contributed by atoms with Gasteiger partial charge in [0.25, 0.3) is 0 Å². The number of urea groups is 1. The largest absolute Gasteiger partial charge is 0.326 e. The van der Waals surface area contributed by atoms with Crippen molar-refractivity contribution in [3.05, 3.63) is 54.1 Å². The minimum Gasteiger partial charge on any atom is -0.326 e. The molecule has 2 aromatic rings. The van der Waals surface area contributed by atoms with E-state index >= 15 is 0 Å². The summed E-state index contributed by atoms with van der Waals surface area (Å²) in [6, 6.07) is 14.4. The number of hydrogen-bond acceptors (Lipinski definition) is 3. The first kappa shape index (κ1) is 16.9. The van der Waals surface area contributed by atoms with E-state index in [0.717, 1.165) is 17.0 Å². The van der Waals surface area contributed by atoms with E-state index in [0.29, 0.717) is 11.4 Å². The van der Waals surface area contributed by atoms with E-state index in [1.54, 1.807) is 36.0 Å². The lowest BCUT2D eigenvalue weighted by atomic mass is 10.2. The fourth-order valence-corrected chi connectivity index (χ4v) is 2.61. The predicted molar refractivity (Wildman–Crippen MR) is 97.0 cm³/mol. The summed E-state index contributed by atoms with van der Waals surface area (Å²) in [5.41, 5.74) is 3.22. The normalized spacial score (nSPS) is 10.0. The number of anilines is 3. The predicted octanol–water partition coefficient (Wildman–Crippen LogP) is 4.15. The topological polar surface area (TPSA) is 70.2 Å². The Kier molecular flexibility index (Phi) is 6.05. The minimum absolute atomic E-state index is 0.131. The summed E-state index contributed by atoms with van der Waals surface area (Å²) in [5.74, 6) is 0.704. The van der Waals surface area contributed by atoms with Crippen LogP contribution in [0.3, 0.4) is 0 Å². The molecule has 23 heavy (non-hydrogen) atoms. The van der Waals surface area contributed by atoms with Crippen LogP contribution in [0.2, 0.25) is 0 Å². The van der Waals surface area contributed by atoms with Gasteiger partial charge in [0.05, 0.1) is 0 Å². The first-order valence-corrected chi connectivity index (χ1v) is 8.50. The minimum atomic E-state index is -0.300. The molecule has 0 spiro atoms. The van der Waals surface area contributed by atoms with Crippen molar-refractivity contribution in [1.29, 1.82) is 0 Å². The Bertz CT molecular complexity index is 686. The fourth-order valence-electron chi connectivity index (χ4n) is 2.05. The summed E-state index contributed by atoms with van der Waals surface area (Å²) in [6.45, 7) is 1.45. The zero-order chi connectivity index (χ0) is 16.7. The number of para-hydroxylation sites is 1. The number of rotatable bonds is 5. The Hall–Kier alpha value is -2.47. The summed E-state index contributed by atoms with van der Waals surface area (Å²) in [5, 5.41) is 8.31. The second-order valence-corrected chi connectivity index (χ2v) is 5.79. The van der Waals surface area contributed by atoms with E-state index in [2.05, 4.69) is 16.0 Å². The van der Waals surface area contributed by atoms with Crippen LogP contribution in [0.4, 0.5) is 21.9 Å². The maximum atomic E-state index is 12.1. The molecular weight excluding hydrogens is 310 g/mol. The van der Waals surface area contributed by atoms with Gasteiger partial charge in [-0.05, 0) is 42.2 Å². The van der Waals surface area contributed by atoms with Gasteiger partial charge < -0.3 is 16.0 Å². The highest BCUT2D eigenvalue weighted by molar-refractivity contribution is 7.97. The van der Waals surface area contributed by atoms with Crippen molar-refractivity contribution >= 4 is 40.8 Å². The van der Waals surface area contributed by atoms with Gasteiger partial charge in [0.1, 0.15) is 0 Å². The molecule has 0 saturated heterocycles. The molecule has 0 aliphatic heterocycles. The number of benzene rings is 2. The first-order chi connectivity index (χ1) is 11.1. The highest BCUT2D eigenvalue weighted by Crippen LogP contribution is 2.20. The Morgan fingerprint density at radius 3 is 2.13 bits per heavy atom. The highest BCUT2D eigenvalue weighted by atomic mass is 32.2. The monoisotopic (exact) mass is 329 g/mol. The van der Waals surface area contributed by atoms with Crippen LogP contribution < -0.4 is 16.0 Å². The molecule has 0 bridgehead atoms. The smallest absolute Gasteiger partial charge is 0.323 e. The van der Waals surface area contributed by atoms with Crippen LogP contribution in [0.1, 0.15) is 12.5 Å². The highest BCUT2D eigenvalue weighted by Gasteiger charge is 2.06. The molecule has 0 atom stereocenters. The molecule has 0 aromatic heterocycles. The van der Waals surface area contributed by atoms with E-state index in [4.69, 9.17) is 0 Å². The van der Waals surface area contributed by atoms with Crippen LogP contribution in [0.25, 0.3) is 0 Å². The number of hydrogen-bond donors (Lipinski definition) is 3.